The van der Waals surface area contributed by atoms with Crippen molar-refractivity contribution in [2.45, 2.75) is 18.5 Å². The number of halogens is 1. The number of esters is 1. The SMILES string of the molecule is COC(=O)[C@]1(C#N)[C@@H](c2ccccc2[N+](=O)[O-])N(c2ccc(C)cc2)c2cc(Cl)ccc2N1O. The largest absolute Gasteiger partial charge is 0.466 e. The molecular weight excluding hydrogens is 460 g/mol. The highest BCUT2D eigenvalue weighted by Gasteiger charge is 2.61. The van der Waals surface area contributed by atoms with Gasteiger partial charge in [0.25, 0.3) is 11.2 Å². The van der Waals surface area contributed by atoms with Crippen molar-refractivity contribution in [1.82, 2.24) is 0 Å². The lowest BCUT2D eigenvalue weighted by molar-refractivity contribution is -0.385. The number of nitriles is 1. The lowest BCUT2D eigenvalue weighted by Gasteiger charge is -2.49. The molecule has 1 N–H and O–H groups in total. The molecule has 1 aliphatic heterocycles. The Morgan fingerprint density at radius 3 is 2.47 bits per heavy atom. The van der Waals surface area contributed by atoms with Crippen molar-refractivity contribution in [1.29, 1.82) is 5.26 Å². The number of nitrogens with zero attached hydrogens (tertiary/aromatic N) is 4. The van der Waals surface area contributed by atoms with E-state index in [9.17, 15) is 25.4 Å². The molecule has 0 saturated heterocycles. The second-order valence-corrected chi connectivity index (χ2v) is 8.18. The maximum absolute atomic E-state index is 13.2. The molecule has 0 aliphatic carbocycles. The van der Waals surface area contributed by atoms with Crippen LogP contribution in [0.25, 0.3) is 0 Å². The molecule has 0 unspecified atom stereocenters. The van der Waals surface area contributed by atoms with Crippen LogP contribution in [0.3, 0.4) is 0 Å². The Morgan fingerprint density at radius 2 is 1.85 bits per heavy atom. The molecule has 9 nitrogen and oxygen atoms in total. The molecule has 0 amide bonds. The summed E-state index contributed by atoms with van der Waals surface area (Å²) in [6.07, 6.45) is 0. The van der Waals surface area contributed by atoms with Crippen LogP contribution in [0.4, 0.5) is 22.7 Å². The van der Waals surface area contributed by atoms with E-state index in [1.54, 1.807) is 29.2 Å². The highest BCUT2D eigenvalue weighted by atomic mass is 35.5. The standard InChI is InChI=1S/C24H19ClN4O5/c1-15-7-10-17(11-8-15)27-21-13-16(25)9-12-20(21)28(31)24(14-26,23(30)34-2)22(27)18-5-3-4-6-19(18)29(32)33/h3-13,22,31H,1-2H3/t22-,24+/m1/s1. The zero-order chi connectivity index (χ0) is 24.6. The van der Waals surface area contributed by atoms with Crippen molar-refractivity contribution in [3.05, 3.63) is 93.0 Å². The van der Waals surface area contributed by atoms with Crippen LogP contribution in [0.2, 0.25) is 5.02 Å². The molecule has 1 aliphatic rings. The normalized spacial score (nSPS) is 19.2. The molecule has 0 spiro atoms. The molecule has 1 heterocycles. The Kier molecular flexibility index (Phi) is 5.87. The van der Waals surface area contributed by atoms with Crippen molar-refractivity contribution in [2.75, 3.05) is 17.1 Å². The van der Waals surface area contributed by atoms with E-state index in [2.05, 4.69) is 0 Å². The van der Waals surface area contributed by atoms with Gasteiger partial charge >= 0.3 is 5.97 Å². The summed E-state index contributed by atoms with van der Waals surface area (Å²) < 4.78 is 4.96. The van der Waals surface area contributed by atoms with Gasteiger partial charge in [-0.3, -0.25) is 15.3 Å². The Bertz CT molecular complexity index is 1320. The van der Waals surface area contributed by atoms with Crippen molar-refractivity contribution >= 4 is 40.3 Å². The summed E-state index contributed by atoms with van der Waals surface area (Å²) in [7, 11) is 1.08. The summed E-state index contributed by atoms with van der Waals surface area (Å²) in [5, 5.41) is 34.5. The maximum atomic E-state index is 13.2. The third kappa shape index (κ3) is 3.41. The maximum Gasteiger partial charge on any atom is 0.351 e. The van der Waals surface area contributed by atoms with Crippen LogP contribution in [-0.4, -0.2) is 28.7 Å². The quantitative estimate of drug-likeness (QED) is 0.313. The number of rotatable bonds is 4. The summed E-state index contributed by atoms with van der Waals surface area (Å²) >= 11 is 6.28. The monoisotopic (exact) mass is 478 g/mol. The smallest absolute Gasteiger partial charge is 0.351 e. The second kappa shape index (κ2) is 8.67. The minimum absolute atomic E-state index is 0.0321. The molecule has 0 bridgehead atoms. The Labute approximate surface area is 200 Å². The fourth-order valence-corrected chi connectivity index (χ4v) is 4.42. The van der Waals surface area contributed by atoms with Gasteiger partial charge in [-0.25, -0.2) is 9.86 Å². The zero-order valence-electron chi connectivity index (χ0n) is 18.2. The molecular formula is C24H19ClN4O5. The highest BCUT2D eigenvalue weighted by molar-refractivity contribution is 6.31. The van der Waals surface area contributed by atoms with E-state index in [1.165, 1.54) is 30.3 Å². The molecule has 3 aromatic carbocycles. The highest BCUT2D eigenvalue weighted by Crippen LogP contribution is 2.54. The van der Waals surface area contributed by atoms with Gasteiger partial charge in [-0.1, -0.05) is 41.4 Å². The van der Waals surface area contributed by atoms with Crippen LogP contribution in [-0.2, 0) is 9.53 Å². The fraction of sp³-hybridized carbons (Fsp3) is 0.167. The third-order valence-electron chi connectivity index (χ3n) is 5.82. The number of hydroxylamine groups is 1. The molecule has 172 valence electrons. The van der Waals surface area contributed by atoms with Crippen LogP contribution in [0.5, 0.6) is 0 Å². The number of ether oxygens (including phenoxy) is 1. The number of methoxy groups -OCH3 is 1. The lowest BCUT2D eigenvalue weighted by atomic mass is 9.80. The minimum Gasteiger partial charge on any atom is -0.466 e. The molecule has 0 fully saturated rings. The van der Waals surface area contributed by atoms with Crippen molar-refractivity contribution < 1.29 is 19.7 Å². The van der Waals surface area contributed by atoms with E-state index < -0.39 is 22.5 Å². The number of hydrogen-bond donors (Lipinski definition) is 1. The van der Waals surface area contributed by atoms with Gasteiger partial charge in [-0.15, -0.1) is 0 Å². The summed E-state index contributed by atoms with van der Waals surface area (Å²) in [5.41, 5.74) is -0.765. The number of nitro groups is 1. The van der Waals surface area contributed by atoms with E-state index in [-0.39, 0.29) is 16.9 Å². The first-order valence-electron chi connectivity index (χ1n) is 10.1. The number of carbonyl (C=O) groups is 1. The number of aryl methyl sites for hydroxylation is 1. The van der Waals surface area contributed by atoms with Crippen LogP contribution < -0.4 is 9.96 Å². The Hall–Kier alpha value is -4.13. The average molecular weight is 479 g/mol. The first-order valence-corrected chi connectivity index (χ1v) is 10.5. The van der Waals surface area contributed by atoms with Gasteiger partial charge in [0.15, 0.2) is 0 Å². The molecule has 2 atom stereocenters. The van der Waals surface area contributed by atoms with Gasteiger partial charge in [0.05, 0.1) is 29.0 Å². The van der Waals surface area contributed by atoms with Crippen LogP contribution >= 0.6 is 11.6 Å². The molecule has 0 aromatic heterocycles. The predicted octanol–water partition coefficient (Wildman–Crippen LogP) is 5.08. The van der Waals surface area contributed by atoms with E-state index in [1.807, 2.05) is 25.1 Å². The topological polar surface area (TPSA) is 120 Å². The second-order valence-electron chi connectivity index (χ2n) is 7.74. The first kappa shape index (κ1) is 23.0. The van der Waals surface area contributed by atoms with Crippen LogP contribution in [0, 0.1) is 28.4 Å². The third-order valence-corrected chi connectivity index (χ3v) is 6.06. The number of carbonyl (C=O) groups excluding carboxylic acids is 1. The van der Waals surface area contributed by atoms with Gasteiger partial charge in [0.1, 0.15) is 12.1 Å². The van der Waals surface area contributed by atoms with E-state index in [0.29, 0.717) is 21.5 Å². The lowest BCUT2D eigenvalue weighted by Crippen LogP contribution is -2.63. The van der Waals surface area contributed by atoms with Crippen molar-refractivity contribution in [2.24, 2.45) is 0 Å². The van der Waals surface area contributed by atoms with E-state index in [4.69, 9.17) is 16.3 Å². The number of benzene rings is 3. The molecule has 34 heavy (non-hydrogen) atoms. The van der Waals surface area contributed by atoms with E-state index >= 15 is 0 Å². The fourth-order valence-electron chi connectivity index (χ4n) is 4.25. The van der Waals surface area contributed by atoms with Gasteiger partial charge in [-0.2, -0.15) is 5.26 Å². The van der Waals surface area contributed by atoms with E-state index in [0.717, 1.165) is 12.7 Å². The van der Waals surface area contributed by atoms with Crippen LogP contribution in [0.15, 0.2) is 66.7 Å². The number of anilines is 3. The van der Waals surface area contributed by atoms with Gasteiger partial charge in [0, 0.05) is 16.8 Å². The average Bonchev–Trinajstić information content (AvgIpc) is 2.84. The Balaban J connectivity index is 2.17. The summed E-state index contributed by atoms with van der Waals surface area (Å²) in [6, 6.07) is 18.0. The molecule has 10 heteroatoms. The number of nitro benzene ring substituents is 1. The summed E-state index contributed by atoms with van der Waals surface area (Å²) in [6.45, 7) is 1.90. The number of hydrogen-bond acceptors (Lipinski definition) is 8. The van der Waals surface area contributed by atoms with Gasteiger partial charge in [0.2, 0.25) is 0 Å². The predicted molar refractivity (Wildman–Crippen MR) is 125 cm³/mol. The van der Waals surface area contributed by atoms with Gasteiger partial charge in [-0.05, 0) is 43.3 Å². The minimum atomic E-state index is -2.40. The van der Waals surface area contributed by atoms with Crippen LogP contribution in [0.1, 0.15) is 17.2 Å². The number of fused-ring (bicyclic) bond motifs is 1. The zero-order valence-corrected chi connectivity index (χ0v) is 18.9. The van der Waals surface area contributed by atoms with Gasteiger partial charge < -0.3 is 9.64 Å². The molecule has 0 radical (unpaired) electrons. The first-order chi connectivity index (χ1) is 16.3. The summed E-state index contributed by atoms with van der Waals surface area (Å²) in [5.74, 6) is -1.08. The summed E-state index contributed by atoms with van der Waals surface area (Å²) in [4.78, 5) is 26.2. The number of para-hydroxylation sites is 1. The van der Waals surface area contributed by atoms with Crippen molar-refractivity contribution in [3.8, 4) is 6.07 Å². The molecule has 4 rings (SSSR count). The Morgan fingerprint density at radius 1 is 1.18 bits per heavy atom. The van der Waals surface area contributed by atoms with Crippen molar-refractivity contribution in [3.63, 3.8) is 0 Å². The molecule has 3 aromatic rings. The molecule has 0 saturated carbocycles.